The van der Waals surface area contributed by atoms with Crippen molar-refractivity contribution in [2.75, 3.05) is 6.61 Å². The molecule has 3 heterocycles. The summed E-state index contributed by atoms with van der Waals surface area (Å²) in [7, 11) is 0. The van der Waals surface area contributed by atoms with Crippen LogP contribution in [0, 0.1) is 5.92 Å². The van der Waals surface area contributed by atoms with Crippen LogP contribution in [0.15, 0.2) is 0 Å². The van der Waals surface area contributed by atoms with E-state index in [9.17, 15) is 0 Å². The van der Waals surface area contributed by atoms with Gasteiger partial charge in [0.05, 0.1) is 0 Å². The molecule has 1 spiro atoms. The van der Waals surface area contributed by atoms with E-state index in [1.54, 1.807) is 0 Å². The van der Waals surface area contributed by atoms with Crippen molar-refractivity contribution in [3.8, 4) is 0 Å². The van der Waals surface area contributed by atoms with E-state index in [1.165, 1.54) is 6.42 Å². The standard InChI is InChI=1S/C12H24BO4.C8H18BO2/c1-5-11-7-9(3)14-13(16-11)15-10(4)8-12(6-2)17-13;1-5-7(2)8-6-10-9(3,4)11-8/h9-12H,5-8H2,1-4H3;7-8H,5-6H2,1-4H3/q2*-1/p+1. The fourth-order valence-corrected chi connectivity index (χ4v) is 4.11. The number of hydrogen-bond acceptors (Lipinski definition) is 6. The van der Waals surface area contributed by atoms with Gasteiger partial charge in [0.1, 0.15) is 0 Å². The van der Waals surface area contributed by atoms with Crippen LogP contribution in [0.5, 0.6) is 0 Å². The molecule has 6 atom stereocenters. The molecule has 3 aliphatic rings. The summed E-state index contributed by atoms with van der Waals surface area (Å²) in [5, 5.41) is 0. The minimum absolute atomic E-state index is 0. The lowest BCUT2D eigenvalue weighted by Crippen LogP contribution is -2.62. The van der Waals surface area contributed by atoms with Crippen LogP contribution in [-0.4, -0.2) is 50.6 Å². The molecule has 0 N–H and O–H groups in total. The smallest absolute Gasteiger partial charge is 0.566 e. The van der Waals surface area contributed by atoms with E-state index in [2.05, 4.69) is 41.5 Å². The Morgan fingerprint density at radius 2 is 1.36 bits per heavy atom. The maximum atomic E-state index is 5.93. The van der Waals surface area contributed by atoms with Crippen LogP contribution < -0.4 is 0 Å². The van der Waals surface area contributed by atoms with Gasteiger partial charge in [0, 0.05) is 37.1 Å². The Hall–Kier alpha value is -0.110. The first-order valence-electron chi connectivity index (χ1n) is 11.5. The molecule has 6 nitrogen and oxygen atoms in total. The molecule has 6 unspecified atom stereocenters. The highest BCUT2D eigenvalue weighted by atomic mass is 16.9. The third-order valence-corrected chi connectivity index (χ3v) is 6.06. The van der Waals surface area contributed by atoms with Crippen LogP contribution in [0.4, 0.5) is 0 Å². The van der Waals surface area contributed by atoms with Crippen molar-refractivity contribution in [1.29, 1.82) is 0 Å². The minimum atomic E-state index is -1.98. The highest BCUT2D eigenvalue weighted by molar-refractivity contribution is 6.65. The van der Waals surface area contributed by atoms with Crippen molar-refractivity contribution >= 4 is 13.5 Å². The van der Waals surface area contributed by atoms with E-state index in [0.717, 1.165) is 32.3 Å². The summed E-state index contributed by atoms with van der Waals surface area (Å²) in [6.07, 6.45) is 5.89. The van der Waals surface area contributed by atoms with E-state index in [4.69, 9.17) is 27.9 Å². The molecule has 3 saturated heterocycles. The second-order valence-corrected chi connectivity index (χ2v) is 9.28. The highest BCUT2D eigenvalue weighted by Gasteiger charge is 2.45. The van der Waals surface area contributed by atoms with Gasteiger partial charge in [0.15, 0.2) is 0 Å². The van der Waals surface area contributed by atoms with Gasteiger partial charge in [-0.3, -0.25) is 0 Å². The molecule has 0 aliphatic carbocycles. The van der Waals surface area contributed by atoms with E-state index < -0.39 is 13.5 Å². The Bertz CT molecular complexity index is 458. The van der Waals surface area contributed by atoms with Crippen molar-refractivity contribution in [3.05, 3.63) is 0 Å². The maximum absolute atomic E-state index is 5.93. The predicted molar refractivity (Wildman–Crippen MR) is 115 cm³/mol. The first-order valence-corrected chi connectivity index (χ1v) is 11.5. The Kier molecular flexibility index (Phi) is 8.86. The van der Waals surface area contributed by atoms with Gasteiger partial charge < -0.3 is 27.9 Å². The summed E-state index contributed by atoms with van der Waals surface area (Å²) in [5.41, 5.74) is 0. The lowest BCUT2D eigenvalue weighted by atomic mass is 9.64. The molecular weight excluding hydrogens is 358 g/mol. The first kappa shape index (κ1) is 24.2. The Labute approximate surface area is 173 Å². The van der Waals surface area contributed by atoms with E-state index in [1.807, 2.05) is 13.6 Å². The average Bonchev–Trinajstić information content (AvgIpc) is 2.99. The van der Waals surface area contributed by atoms with Crippen molar-refractivity contribution in [3.63, 3.8) is 0 Å². The van der Waals surface area contributed by atoms with Crippen molar-refractivity contribution < 1.29 is 29.4 Å². The maximum Gasteiger partial charge on any atom is 1.00 e. The summed E-state index contributed by atoms with van der Waals surface area (Å²) >= 11 is 0. The normalized spacial score (nSPS) is 41.4. The average molecular weight is 401 g/mol. The van der Waals surface area contributed by atoms with Crippen LogP contribution in [0.25, 0.3) is 0 Å². The Morgan fingerprint density at radius 3 is 1.71 bits per heavy atom. The van der Waals surface area contributed by atoms with Crippen LogP contribution in [-0.2, 0) is 27.9 Å². The number of hydrogen-bond donors (Lipinski definition) is 0. The third-order valence-electron chi connectivity index (χ3n) is 6.06. The van der Waals surface area contributed by atoms with Crippen LogP contribution in [0.3, 0.4) is 0 Å². The molecule has 0 amide bonds. The quantitative estimate of drug-likeness (QED) is 0.626. The summed E-state index contributed by atoms with van der Waals surface area (Å²) < 4.78 is 34.8. The molecule has 28 heavy (non-hydrogen) atoms. The molecule has 0 bridgehead atoms. The molecule has 0 aromatic carbocycles. The lowest BCUT2D eigenvalue weighted by Gasteiger charge is -2.55. The van der Waals surface area contributed by atoms with Crippen LogP contribution >= 0.6 is 0 Å². The van der Waals surface area contributed by atoms with E-state index in [-0.39, 0.29) is 25.8 Å². The molecule has 0 radical (unpaired) electrons. The zero-order valence-corrected chi connectivity index (χ0v) is 19.3. The molecule has 0 aromatic rings. The monoisotopic (exact) mass is 401 g/mol. The van der Waals surface area contributed by atoms with Gasteiger partial charge in [0.25, 0.3) is 0 Å². The van der Waals surface area contributed by atoms with Gasteiger partial charge in [-0.2, -0.15) is 0 Å². The Balaban J connectivity index is 0.000000306. The largest absolute Gasteiger partial charge is 1.00 e. The van der Waals surface area contributed by atoms with Gasteiger partial charge in [-0.1, -0.05) is 34.1 Å². The zero-order chi connectivity index (χ0) is 20.9. The van der Waals surface area contributed by atoms with Crippen molar-refractivity contribution in [2.24, 2.45) is 5.92 Å². The molecule has 3 fully saturated rings. The number of rotatable bonds is 4. The molecule has 166 valence electrons. The van der Waals surface area contributed by atoms with E-state index in [0.29, 0.717) is 12.0 Å². The third kappa shape index (κ3) is 6.71. The van der Waals surface area contributed by atoms with Gasteiger partial charge in [-0.25, -0.2) is 0 Å². The summed E-state index contributed by atoms with van der Waals surface area (Å²) in [6, 6.07) is 0. The van der Waals surface area contributed by atoms with E-state index >= 15 is 0 Å². The Morgan fingerprint density at radius 1 is 0.857 bits per heavy atom. The van der Waals surface area contributed by atoms with Gasteiger partial charge >= 0.3 is 8.38 Å². The molecule has 8 heteroatoms. The van der Waals surface area contributed by atoms with Crippen molar-refractivity contribution in [2.45, 2.75) is 118 Å². The summed E-state index contributed by atoms with van der Waals surface area (Å²) in [5.74, 6) is 0.624. The summed E-state index contributed by atoms with van der Waals surface area (Å²) in [4.78, 5) is 0. The SMILES string of the molecule is CCC(C)C1CO[B-](C)(C)O1.CCC1CC(C)O[B-]2(OC(C)CC(CC)O2)O1.[H+]. The molecule has 0 aromatic heterocycles. The fraction of sp³-hybridized carbons (Fsp3) is 1.00. The van der Waals surface area contributed by atoms with Crippen molar-refractivity contribution in [1.82, 2.24) is 0 Å². The van der Waals surface area contributed by atoms with Crippen LogP contribution in [0.2, 0.25) is 13.6 Å². The highest BCUT2D eigenvalue weighted by Crippen LogP contribution is 2.34. The second kappa shape index (κ2) is 10.3. The first-order chi connectivity index (χ1) is 13.1. The fourth-order valence-electron chi connectivity index (χ4n) is 4.11. The zero-order valence-electron chi connectivity index (χ0n) is 20.3. The van der Waals surface area contributed by atoms with Gasteiger partial charge in [0.2, 0.25) is 6.55 Å². The molecule has 0 saturated carbocycles. The second-order valence-electron chi connectivity index (χ2n) is 9.28. The minimum Gasteiger partial charge on any atom is -0.566 e. The lowest BCUT2D eigenvalue weighted by molar-refractivity contribution is -0.163. The van der Waals surface area contributed by atoms with Gasteiger partial charge in [-0.05, 0) is 45.4 Å². The molecule has 3 aliphatic heterocycles. The molecular formula is C20H43B2O6-. The molecule has 3 rings (SSSR count). The van der Waals surface area contributed by atoms with Crippen LogP contribution in [0.1, 0.15) is 75.1 Å². The van der Waals surface area contributed by atoms with Gasteiger partial charge in [-0.15, -0.1) is 13.6 Å². The predicted octanol–water partition coefficient (Wildman–Crippen LogP) is 4.89. The topological polar surface area (TPSA) is 55.4 Å². The summed E-state index contributed by atoms with van der Waals surface area (Å²) in [6.45, 7) is 14.7.